The molecular weight excluding hydrogens is 609 g/mol. The summed E-state index contributed by atoms with van der Waals surface area (Å²) in [6.45, 7) is 16.8. The van der Waals surface area contributed by atoms with Gasteiger partial charge in [0.15, 0.2) is 10.8 Å². The van der Waals surface area contributed by atoms with Crippen LogP contribution in [0.5, 0.6) is 0 Å². The number of thiazole rings is 1. The Morgan fingerprint density at radius 1 is 1.20 bits per heavy atom. The Bertz CT molecular complexity index is 1490. The number of hydrogen-bond acceptors (Lipinski definition) is 11. The predicted octanol–water partition coefficient (Wildman–Crippen LogP) is 4.64. The number of hydrogen-bond donors (Lipinski definition) is 1. The van der Waals surface area contributed by atoms with Crippen molar-refractivity contribution < 1.29 is 28.2 Å². The number of rotatable bonds is 9. The lowest BCUT2D eigenvalue weighted by atomic mass is 9.89. The summed E-state index contributed by atoms with van der Waals surface area (Å²) in [7, 11) is 0. The molecular formula is C34H46FN5O5S. The Balaban J connectivity index is 1.47. The summed E-state index contributed by atoms with van der Waals surface area (Å²) in [6, 6.07) is 4.10. The van der Waals surface area contributed by atoms with Crippen molar-refractivity contribution in [2.24, 2.45) is 10.4 Å². The highest BCUT2D eigenvalue weighted by atomic mass is 32.1. The molecule has 10 nitrogen and oxygen atoms in total. The van der Waals surface area contributed by atoms with Crippen molar-refractivity contribution in [3.8, 4) is 0 Å². The second-order valence-electron chi connectivity index (χ2n) is 13.8. The van der Waals surface area contributed by atoms with Gasteiger partial charge in [-0.2, -0.15) is 0 Å². The number of benzene rings is 1. The molecule has 1 aromatic carbocycles. The van der Waals surface area contributed by atoms with Crippen molar-refractivity contribution >= 4 is 29.1 Å². The summed E-state index contributed by atoms with van der Waals surface area (Å²) in [5, 5.41) is 5.98. The summed E-state index contributed by atoms with van der Waals surface area (Å²) in [4.78, 5) is 40.8. The number of aliphatic imine (C=N–C) groups is 1. The van der Waals surface area contributed by atoms with Crippen molar-refractivity contribution in [1.82, 2.24) is 20.1 Å². The van der Waals surface area contributed by atoms with E-state index in [0.717, 1.165) is 13.0 Å². The first-order valence-corrected chi connectivity index (χ1v) is 16.9. The Kier molecular flexibility index (Phi) is 10.3. The standard InChI is InChI=1S/C34H46FN5O5S/c1-8-43-31(41)27-24(37-29(30-36-13-17-46-30)38-28(27)22-10-9-11-23(35)21(22)2)18-40-15-16-44-26-12-14-39(19-25(26)40)20-34(6,7)32(42)45-33(3,4)5/h9-11,13,17,25-26,28H,8,12,14-16,18-20H2,1-7H3,(H,37,38)/t25-,26+,28-/m0/s1. The highest BCUT2D eigenvalue weighted by molar-refractivity contribution is 7.11. The van der Waals surface area contributed by atoms with E-state index in [0.29, 0.717) is 66.0 Å². The first-order valence-electron chi connectivity index (χ1n) is 16.0. The van der Waals surface area contributed by atoms with Gasteiger partial charge in [-0.25, -0.2) is 14.2 Å². The SMILES string of the molecule is CCOC(=O)C1=C(CN2CCO[C@@H]3CCN(CC(C)(C)C(=O)OC(C)(C)C)C[C@@H]32)NC(c2nccs2)=N[C@H]1c1cccc(F)c1C. The van der Waals surface area contributed by atoms with Crippen LogP contribution in [0.4, 0.5) is 4.39 Å². The minimum atomic E-state index is -0.779. The van der Waals surface area contributed by atoms with Crippen LogP contribution < -0.4 is 5.32 Å². The molecule has 46 heavy (non-hydrogen) atoms. The zero-order chi connectivity index (χ0) is 33.2. The number of aromatic nitrogens is 1. The van der Waals surface area contributed by atoms with E-state index < -0.39 is 23.0 Å². The molecule has 0 saturated carbocycles. The third-order valence-electron chi connectivity index (χ3n) is 8.58. The van der Waals surface area contributed by atoms with Gasteiger partial charge in [-0.15, -0.1) is 11.3 Å². The zero-order valence-electron chi connectivity index (χ0n) is 27.9. The number of likely N-dealkylation sites (tertiary alicyclic amines) is 1. The molecule has 2 saturated heterocycles. The molecule has 5 rings (SSSR count). The van der Waals surface area contributed by atoms with E-state index in [2.05, 4.69) is 20.1 Å². The lowest BCUT2D eigenvalue weighted by molar-refractivity contribution is -0.168. The number of morpholine rings is 1. The van der Waals surface area contributed by atoms with E-state index in [1.54, 1.807) is 26.1 Å². The monoisotopic (exact) mass is 655 g/mol. The molecule has 0 radical (unpaired) electrons. The highest BCUT2D eigenvalue weighted by Crippen LogP contribution is 2.36. The quantitative estimate of drug-likeness (QED) is 0.387. The fourth-order valence-electron chi connectivity index (χ4n) is 6.35. The molecule has 0 spiro atoms. The van der Waals surface area contributed by atoms with Crippen molar-refractivity contribution in [3.05, 3.63) is 63.0 Å². The van der Waals surface area contributed by atoms with Crippen LogP contribution >= 0.6 is 11.3 Å². The number of fused-ring (bicyclic) bond motifs is 1. The van der Waals surface area contributed by atoms with Gasteiger partial charge in [0, 0.05) is 56.0 Å². The van der Waals surface area contributed by atoms with Crippen LogP contribution in [0.2, 0.25) is 0 Å². The van der Waals surface area contributed by atoms with Crippen LogP contribution in [-0.4, -0.2) is 96.2 Å². The maximum Gasteiger partial charge on any atom is 0.338 e. The maximum absolute atomic E-state index is 14.9. The van der Waals surface area contributed by atoms with E-state index in [9.17, 15) is 14.0 Å². The van der Waals surface area contributed by atoms with Gasteiger partial charge >= 0.3 is 11.9 Å². The second kappa shape index (κ2) is 13.9. The van der Waals surface area contributed by atoms with Gasteiger partial charge in [0.25, 0.3) is 0 Å². The Morgan fingerprint density at radius 2 is 1.98 bits per heavy atom. The van der Waals surface area contributed by atoms with Gasteiger partial charge in [-0.1, -0.05) is 12.1 Å². The van der Waals surface area contributed by atoms with Gasteiger partial charge in [0.2, 0.25) is 0 Å². The van der Waals surface area contributed by atoms with Crippen molar-refractivity contribution in [2.75, 3.05) is 45.9 Å². The number of ether oxygens (including phenoxy) is 3. The first-order chi connectivity index (χ1) is 21.8. The third kappa shape index (κ3) is 7.67. The van der Waals surface area contributed by atoms with Gasteiger partial charge in [0.05, 0.1) is 30.3 Å². The van der Waals surface area contributed by atoms with E-state index in [1.165, 1.54) is 17.4 Å². The molecule has 3 atom stereocenters. The number of piperidine rings is 1. The van der Waals surface area contributed by atoms with Crippen LogP contribution in [-0.2, 0) is 23.8 Å². The fourth-order valence-corrected chi connectivity index (χ4v) is 6.94. The molecule has 1 N–H and O–H groups in total. The summed E-state index contributed by atoms with van der Waals surface area (Å²) < 4.78 is 32.4. The molecule has 250 valence electrons. The maximum atomic E-state index is 14.9. The molecule has 0 bridgehead atoms. The number of nitrogens with one attached hydrogen (secondary N) is 1. The Labute approximate surface area is 275 Å². The van der Waals surface area contributed by atoms with E-state index in [4.69, 9.17) is 19.2 Å². The van der Waals surface area contributed by atoms with Crippen molar-refractivity contribution in [1.29, 1.82) is 0 Å². The molecule has 0 unspecified atom stereocenters. The first kappa shape index (κ1) is 34.2. The molecule has 1 aromatic heterocycles. The number of amidine groups is 1. The van der Waals surface area contributed by atoms with E-state index in [-0.39, 0.29) is 30.5 Å². The molecule has 3 aliphatic rings. The van der Waals surface area contributed by atoms with Crippen LogP contribution in [0.15, 0.2) is 46.0 Å². The summed E-state index contributed by atoms with van der Waals surface area (Å²) >= 11 is 1.44. The van der Waals surface area contributed by atoms with Gasteiger partial charge in [0.1, 0.15) is 17.5 Å². The summed E-state index contributed by atoms with van der Waals surface area (Å²) in [6.07, 6.45) is 2.54. The molecule has 0 aliphatic carbocycles. The van der Waals surface area contributed by atoms with E-state index >= 15 is 0 Å². The van der Waals surface area contributed by atoms with Crippen LogP contribution in [0, 0.1) is 18.2 Å². The van der Waals surface area contributed by atoms with Crippen LogP contribution in [0.3, 0.4) is 0 Å². The predicted molar refractivity (Wildman–Crippen MR) is 175 cm³/mol. The van der Waals surface area contributed by atoms with Gasteiger partial charge < -0.3 is 24.4 Å². The van der Waals surface area contributed by atoms with Gasteiger partial charge in [-0.3, -0.25) is 14.7 Å². The minimum Gasteiger partial charge on any atom is -0.463 e. The molecule has 4 heterocycles. The lowest BCUT2D eigenvalue weighted by Gasteiger charge is -2.48. The van der Waals surface area contributed by atoms with Crippen LogP contribution in [0.25, 0.3) is 0 Å². The van der Waals surface area contributed by atoms with Crippen molar-refractivity contribution in [3.63, 3.8) is 0 Å². The Morgan fingerprint density at radius 3 is 2.67 bits per heavy atom. The van der Waals surface area contributed by atoms with Crippen molar-refractivity contribution in [2.45, 2.75) is 78.7 Å². The number of halogens is 1. The molecule has 12 heteroatoms. The summed E-state index contributed by atoms with van der Waals surface area (Å²) in [5.74, 6) is -0.544. The topological polar surface area (TPSA) is 106 Å². The number of esters is 2. The molecule has 3 aliphatic heterocycles. The lowest BCUT2D eigenvalue weighted by Crippen LogP contribution is -2.61. The molecule has 2 aromatic rings. The smallest absolute Gasteiger partial charge is 0.338 e. The average molecular weight is 656 g/mol. The highest BCUT2D eigenvalue weighted by Gasteiger charge is 2.42. The number of carbonyl (C=O) groups excluding carboxylic acids is 2. The van der Waals surface area contributed by atoms with Gasteiger partial charge in [-0.05, 0) is 72.1 Å². The molecule has 0 amide bonds. The average Bonchev–Trinajstić information content (AvgIpc) is 3.53. The summed E-state index contributed by atoms with van der Waals surface area (Å²) in [5.41, 5.74) is 0.788. The zero-order valence-corrected chi connectivity index (χ0v) is 28.7. The van der Waals surface area contributed by atoms with Crippen LogP contribution in [0.1, 0.15) is 70.1 Å². The minimum absolute atomic E-state index is 0.0123. The third-order valence-corrected chi connectivity index (χ3v) is 9.36. The van der Waals surface area contributed by atoms with E-state index in [1.807, 2.05) is 46.1 Å². The number of carbonyl (C=O) groups is 2. The molecule has 2 fully saturated rings. The largest absolute Gasteiger partial charge is 0.463 e. The number of nitrogens with zero attached hydrogens (tertiary/aromatic N) is 4. The second-order valence-corrected chi connectivity index (χ2v) is 14.7. The Hall–Kier alpha value is -3.19. The fraction of sp³-hybridized carbons (Fsp3) is 0.588. The normalized spacial score (nSPS) is 23.0.